The molecule has 9 nitrogen and oxygen atoms in total. The molecule has 9 heteroatoms. The molecule has 1 heterocycles. The van der Waals surface area contributed by atoms with E-state index in [1.54, 1.807) is 24.5 Å². The predicted octanol–water partition coefficient (Wildman–Crippen LogP) is 4.34. The highest BCUT2D eigenvalue weighted by molar-refractivity contribution is 6.11. The minimum Gasteiger partial charge on any atom is -0.465 e. The number of amides is 2. The van der Waals surface area contributed by atoms with Crippen LogP contribution in [-0.2, 0) is 4.79 Å². The number of H-pyrrole nitrogens is 1. The Balaban J connectivity index is 0.000000258. The van der Waals surface area contributed by atoms with Gasteiger partial charge in [-0.2, -0.15) is 0 Å². The summed E-state index contributed by atoms with van der Waals surface area (Å²) in [7, 11) is 0. The van der Waals surface area contributed by atoms with Gasteiger partial charge in [-0.25, -0.2) is 9.98 Å². The molecule has 1 aromatic heterocycles. The standard InChI is InChI=1S/C14H16O.C12H12N6O2/c1-3-4-5-6-7-12-15-14-10-8-13(2)9-11-14;1-2-14-11(13)18-10(20)7-4-3-5-8-9(7)17-12(16-8)15-6-19/h3-12H,1-2H3;2-6H,1H2,(H3,13,14,18,20)(H2,15,16,17,19)/b4-3-,6-5-,12-7+;. The monoisotopic (exact) mass is 472 g/mol. The zero-order chi connectivity index (χ0) is 25.5. The third kappa shape index (κ3) is 8.85. The number of aryl methyl sites for hydroxylation is 1. The topological polar surface area (TPSA) is 134 Å². The van der Waals surface area contributed by atoms with Gasteiger partial charge in [-0.1, -0.05) is 54.6 Å². The van der Waals surface area contributed by atoms with Gasteiger partial charge in [0.2, 0.25) is 12.4 Å². The Morgan fingerprint density at radius 2 is 1.89 bits per heavy atom. The number of allylic oxidation sites excluding steroid dienone is 5. The molecule has 3 rings (SSSR count). The fourth-order valence-corrected chi connectivity index (χ4v) is 2.67. The lowest BCUT2D eigenvalue weighted by molar-refractivity contribution is -0.105. The van der Waals surface area contributed by atoms with Crippen molar-refractivity contribution in [1.82, 2.24) is 15.3 Å². The van der Waals surface area contributed by atoms with Gasteiger partial charge in [0.25, 0.3) is 5.91 Å². The molecule has 3 aromatic rings. The number of benzene rings is 2. The number of aromatic nitrogens is 2. The summed E-state index contributed by atoms with van der Waals surface area (Å²) in [5.74, 6) is 0.589. The SMILES string of the molecule is C=CN=C(N)NC(=O)c1cccc2[nH]c(NC=O)nc12.C\C=C/C=C\C=C\Oc1ccc(C)cc1. The van der Waals surface area contributed by atoms with Gasteiger partial charge < -0.3 is 15.5 Å². The largest absolute Gasteiger partial charge is 0.465 e. The van der Waals surface area contributed by atoms with E-state index in [9.17, 15) is 9.59 Å². The number of para-hydroxylation sites is 1. The number of fused-ring (bicyclic) bond motifs is 1. The molecule has 0 fully saturated rings. The van der Waals surface area contributed by atoms with Crippen LogP contribution in [0.3, 0.4) is 0 Å². The van der Waals surface area contributed by atoms with E-state index in [0.717, 1.165) is 5.75 Å². The summed E-state index contributed by atoms with van der Waals surface area (Å²) >= 11 is 0. The van der Waals surface area contributed by atoms with Crippen molar-refractivity contribution in [3.05, 3.63) is 103 Å². The first-order valence-electron chi connectivity index (χ1n) is 10.6. The Kier molecular flexibility index (Phi) is 10.7. The van der Waals surface area contributed by atoms with Gasteiger partial charge in [-0.15, -0.1) is 0 Å². The molecule has 0 radical (unpaired) electrons. The zero-order valence-corrected chi connectivity index (χ0v) is 19.6. The number of imidazole rings is 1. The zero-order valence-electron chi connectivity index (χ0n) is 19.6. The Bertz CT molecular complexity index is 1250. The van der Waals surface area contributed by atoms with Gasteiger partial charge in [0.1, 0.15) is 11.3 Å². The van der Waals surface area contributed by atoms with E-state index in [-0.39, 0.29) is 11.9 Å². The molecule has 0 saturated heterocycles. The molecule has 0 saturated carbocycles. The molecule has 0 aliphatic carbocycles. The van der Waals surface area contributed by atoms with E-state index < -0.39 is 5.91 Å². The second kappa shape index (κ2) is 14.3. The molecule has 0 bridgehead atoms. The quantitative estimate of drug-likeness (QED) is 0.127. The van der Waals surface area contributed by atoms with Crippen LogP contribution in [0.25, 0.3) is 11.0 Å². The average Bonchev–Trinajstić information content (AvgIpc) is 3.26. The maximum atomic E-state index is 12.1. The number of ether oxygens (including phenoxy) is 1. The van der Waals surface area contributed by atoms with Crippen molar-refractivity contribution < 1.29 is 14.3 Å². The Morgan fingerprint density at radius 3 is 2.57 bits per heavy atom. The van der Waals surface area contributed by atoms with Crippen molar-refractivity contribution in [3.63, 3.8) is 0 Å². The van der Waals surface area contributed by atoms with Crippen LogP contribution >= 0.6 is 0 Å². The van der Waals surface area contributed by atoms with Gasteiger partial charge in [-0.3, -0.25) is 20.2 Å². The molecule has 2 amide bonds. The second-order valence-corrected chi connectivity index (χ2v) is 6.87. The molecule has 0 atom stereocenters. The number of aromatic amines is 1. The molecule has 0 aliphatic heterocycles. The number of anilines is 1. The van der Waals surface area contributed by atoms with Crippen molar-refractivity contribution in [1.29, 1.82) is 0 Å². The maximum absolute atomic E-state index is 12.1. The molecule has 0 spiro atoms. The minimum atomic E-state index is -0.456. The Hall–Kier alpha value is -4.92. The number of aliphatic imine (C=N–C) groups is 1. The third-order valence-electron chi connectivity index (χ3n) is 4.25. The van der Waals surface area contributed by atoms with Gasteiger partial charge in [0.05, 0.1) is 17.3 Å². The van der Waals surface area contributed by atoms with Crippen LogP contribution < -0.4 is 21.1 Å². The summed E-state index contributed by atoms with van der Waals surface area (Å²) in [4.78, 5) is 33.1. The minimum absolute atomic E-state index is 0.0659. The lowest BCUT2D eigenvalue weighted by Gasteiger charge is -2.03. The molecule has 5 N–H and O–H groups in total. The van der Waals surface area contributed by atoms with E-state index in [1.165, 1.54) is 11.8 Å². The number of carbonyl (C=O) groups excluding carboxylic acids is 2. The van der Waals surface area contributed by atoms with Crippen LogP contribution in [-0.4, -0.2) is 28.2 Å². The number of nitrogens with zero attached hydrogens (tertiary/aromatic N) is 2. The highest BCUT2D eigenvalue weighted by Gasteiger charge is 2.14. The van der Waals surface area contributed by atoms with Crippen molar-refractivity contribution in [3.8, 4) is 5.75 Å². The van der Waals surface area contributed by atoms with E-state index in [2.05, 4.69) is 39.1 Å². The van der Waals surface area contributed by atoms with Crippen molar-refractivity contribution >= 4 is 35.3 Å². The highest BCUT2D eigenvalue weighted by Crippen LogP contribution is 2.18. The molecular weight excluding hydrogens is 444 g/mol. The molecule has 0 unspecified atom stereocenters. The summed E-state index contributed by atoms with van der Waals surface area (Å²) < 4.78 is 5.39. The van der Waals surface area contributed by atoms with Crippen LogP contribution in [0.4, 0.5) is 5.95 Å². The number of rotatable bonds is 8. The lowest BCUT2D eigenvalue weighted by Crippen LogP contribution is -2.36. The van der Waals surface area contributed by atoms with Crippen molar-refractivity contribution in [2.75, 3.05) is 5.32 Å². The molecule has 2 aromatic carbocycles. The fraction of sp³-hybridized carbons (Fsp3) is 0.0769. The molecule has 35 heavy (non-hydrogen) atoms. The Morgan fingerprint density at radius 1 is 1.14 bits per heavy atom. The summed E-state index contributed by atoms with van der Waals surface area (Å²) in [5, 5.41) is 4.79. The first-order chi connectivity index (χ1) is 17.0. The van der Waals surface area contributed by atoms with Gasteiger partial charge >= 0.3 is 0 Å². The summed E-state index contributed by atoms with van der Waals surface area (Å²) in [6, 6.07) is 13.0. The first-order valence-corrected chi connectivity index (χ1v) is 10.6. The highest BCUT2D eigenvalue weighted by atomic mass is 16.5. The van der Waals surface area contributed by atoms with Crippen LogP contribution in [0, 0.1) is 6.92 Å². The van der Waals surface area contributed by atoms with E-state index in [0.29, 0.717) is 23.0 Å². The summed E-state index contributed by atoms with van der Waals surface area (Å²) in [6.07, 6.45) is 13.1. The number of nitrogens with one attached hydrogen (secondary N) is 3. The van der Waals surface area contributed by atoms with Crippen LogP contribution in [0.2, 0.25) is 0 Å². The third-order valence-corrected chi connectivity index (χ3v) is 4.25. The first kappa shape index (κ1) is 26.3. The average molecular weight is 473 g/mol. The molecular formula is C26H28N6O3. The molecule has 180 valence electrons. The van der Waals surface area contributed by atoms with Gasteiger partial charge in [0, 0.05) is 6.20 Å². The summed E-state index contributed by atoms with van der Waals surface area (Å²) in [6.45, 7) is 7.41. The maximum Gasteiger partial charge on any atom is 0.260 e. The predicted molar refractivity (Wildman–Crippen MR) is 140 cm³/mol. The van der Waals surface area contributed by atoms with Crippen molar-refractivity contribution in [2.24, 2.45) is 10.7 Å². The number of guanidine groups is 1. The smallest absolute Gasteiger partial charge is 0.260 e. The van der Waals surface area contributed by atoms with Crippen LogP contribution in [0.5, 0.6) is 5.75 Å². The van der Waals surface area contributed by atoms with Crippen LogP contribution in [0.15, 0.2) is 96.9 Å². The van der Waals surface area contributed by atoms with Gasteiger partial charge in [0.15, 0.2) is 5.96 Å². The lowest BCUT2D eigenvalue weighted by atomic mass is 10.2. The number of nitrogens with two attached hydrogens (primary N) is 1. The van der Waals surface area contributed by atoms with E-state index >= 15 is 0 Å². The molecule has 0 aliphatic rings. The number of hydrogen-bond donors (Lipinski definition) is 4. The Labute approximate surface area is 203 Å². The van der Waals surface area contributed by atoms with Crippen LogP contribution in [0.1, 0.15) is 22.8 Å². The van der Waals surface area contributed by atoms with Crippen molar-refractivity contribution in [2.45, 2.75) is 13.8 Å². The number of hydrogen-bond acceptors (Lipinski definition) is 5. The number of carbonyl (C=O) groups is 2. The fourth-order valence-electron chi connectivity index (χ4n) is 2.67. The van der Waals surface area contributed by atoms with E-state index in [4.69, 9.17) is 10.5 Å². The normalized spacial score (nSPS) is 11.4. The van der Waals surface area contributed by atoms with Gasteiger partial charge in [-0.05, 0) is 44.2 Å². The summed E-state index contributed by atoms with van der Waals surface area (Å²) in [5.41, 5.74) is 8.05. The second-order valence-electron chi connectivity index (χ2n) is 6.87. The van der Waals surface area contributed by atoms with E-state index in [1.807, 2.05) is 61.6 Å².